The number of rotatable bonds is 3. The first kappa shape index (κ1) is 11.3. The minimum atomic E-state index is 0.0821. The van der Waals surface area contributed by atoms with Crippen LogP contribution in [0.25, 0.3) is 0 Å². The van der Waals surface area contributed by atoms with Crippen LogP contribution in [0.15, 0.2) is 27.3 Å². The average molecular weight is 284 g/mol. The number of hydrogen-bond acceptors (Lipinski definition) is 3. The van der Waals surface area contributed by atoms with Crippen molar-refractivity contribution in [3.63, 3.8) is 0 Å². The van der Waals surface area contributed by atoms with Crippen LogP contribution in [0, 0.1) is 6.92 Å². The van der Waals surface area contributed by atoms with Crippen LogP contribution in [-0.2, 0) is 7.05 Å². The van der Waals surface area contributed by atoms with Crippen LogP contribution < -0.4 is 5.32 Å². The van der Waals surface area contributed by atoms with E-state index in [-0.39, 0.29) is 6.04 Å². The SMILES string of the molecule is Cc1cc(NC(C)c2occc2Br)nn1C. The minimum absolute atomic E-state index is 0.0821. The molecule has 1 N–H and O–H groups in total. The van der Waals surface area contributed by atoms with Crippen LogP contribution in [0.3, 0.4) is 0 Å². The molecular weight excluding hydrogens is 270 g/mol. The van der Waals surface area contributed by atoms with Crippen LogP contribution in [0.1, 0.15) is 24.4 Å². The van der Waals surface area contributed by atoms with Gasteiger partial charge in [0.05, 0.1) is 16.8 Å². The first-order valence-corrected chi connectivity index (χ1v) is 5.87. The van der Waals surface area contributed by atoms with Gasteiger partial charge in [-0.2, -0.15) is 5.10 Å². The van der Waals surface area contributed by atoms with Crippen LogP contribution in [0.5, 0.6) is 0 Å². The minimum Gasteiger partial charge on any atom is -0.466 e. The number of hydrogen-bond donors (Lipinski definition) is 1. The number of furan rings is 1. The average Bonchev–Trinajstić information content (AvgIpc) is 2.74. The molecule has 5 heteroatoms. The van der Waals surface area contributed by atoms with Gasteiger partial charge in [0.15, 0.2) is 0 Å². The molecule has 4 nitrogen and oxygen atoms in total. The summed E-state index contributed by atoms with van der Waals surface area (Å²) in [6.45, 7) is 4.05. The Labute approximate surface area is 103 Å². The summed E-state index contributed by atoms with van der Waals surface area (Å²) in [5.74, 6) is 1.74. The molecule has 2 rings (SSSR count). The van der Waals surface area contributed by atoms with Crippen molar-refractivity contribution in [3.8, 4) is 0 Å². The molecule has 0 saturated carbocycles. The van der Waals surface area contributed by atoms with Gasteiger partial charge in [-0.15, -0.1) is 0 Å². The molecule has 0 amide bonds. The van der Waals surface area contributed by atoms with Gasteiger partial charge >= 0.3 is 0 Å². The van der Waals surface area contributed by atoms with Gasteiger partial charge in [-0.3, -0.25) is 4.68 Å². The van der Waals surface area contributed by atoms with Gasteiger partial charge in [0.2, 0.25) is 0 Å². The number of aromatic nitrogens is 2. The summed E-state index contributed by atoms with van der Waals surface area (Å²) in [6, 6.07) is 3.98. The lowest BCUT2D eigenvalue weighted by Crippen LogP contribution is -2.07. The monoisotopic (exact) mass is 283 g/mol. The predicted molar refractivity (Wildman–Crippen MR) is 66.4 cm³/mol. The van der Waals surface area contributed by atoms with Crippen molar-refractivity contribution in [2.75, 3.05) is 5.32 Å². The van der Waals surface area contributed by atoms with Crippen molar-refractivity contribution < 1.29 is 4.42 Å². The summed E-state index contributed by atoms with van der Waals surface area (Å²) in [5.41, 5.74) is 1.12. The fraction of sp³-hybridized carbons (Fsp3) is 0.364. The van der Waals surface area contributed by atoms with Crippen molar-refractivity contribution in [2.24, 2.45) is 7.05 Å². The van der Waals surface area contributed by atoms with E-state index in [0.717, 1.165) is 21.7 Å². The quantitative estimate of drug-likeness (QED) is 0.940. The van der Waals surface area contributed by atoms with Crippen molar-refractivity contribution in [1.82, 2.24) is 9.78 Å². The van der Waals surface area contributed by atoms with E-state index in [1.807, 2.05) is 37.7 Å². The molecule has 0 bridgehead atoms. The molecule has 0 aliphatic heterocycles. The third-order valence-electron chi connectivity index (χ3n) is 2.52. The van der Waals surface area contributed by atoms with Crippen LogP contribution in [0.2, 0.25) is 0 Å². The second-order valence-corrected chi connectivity index (χ2v) is 4.65. The van der Waals surface area contributed by atoms with Gasteiger partial charge < -0.3 is 9.73 Å². The molecular formula is C11H14BrN3O. The van der Waals surface area contributed by atoms with Crippen molar-refractivity contribution in [1.29, 1.82) is 0 Å². The lowest BCUT2D eigenvalue weighted by atomic mass is 10.2. The lowest BCUT2D eigenvalue weighted by Gasteiger charge is -2.10. The van der Waals surface area contributed by atoms with E-state index >= 15 is 0 Å². The number of nitrogens with one attached hydrogen (secondary N) is 1. The number of halogens is 1. The smallest absolute Gasteiger partial charge is 0.148 e. The molecule has 0 aromatic carbocycles. The molecule has 16 heavy (non-hydrogen) atoms. The van der Waals surface area contributed by atoms with Gasteiger partial charge in [0, 0.05) is 18.8 Å². The number of nitrogens with zero attached hydrogens (tertiary/aromatic N) is 2. The molecule has 0 radical (unpaired) electrons. The maximum atomic E-state index is 5.39. The van der Waals surface area contributed by atoms with Crippen molar-refractivity contribution >= 4 is 21.7 Å². The van der Waals surface area contributed by atoms with Crippen molar-refractivity contribution in [2.45, 2.75) is 19.9 Å². The van der Waals surface area contributed by atoms with E-state index in [4.69, 9.17) is 4.42 Å². The highest BCUT2D eigenvalue weighted by Gasteiger charge is 2.13. The number of aryl methyl sites for hydroxylation is 2. The van der Waals surface area contributed by atoms with E-state index in [2.05, 4.69) is 26.3 Å². The Morgan fingerprint density at radius 1 is 1.56 bits per heavy atom. The Balaban J connectivity index is 2.13. The van der Waals surface area contributed by atoms with E-state index in [9.17, 15) is 0 Å². The van der Waals surface area contributed by atoms with E-state index in [1.54, 1.807) is 6.26 Å². The Morgan fingerprint density at radius 3 is 2.81 bits per heavy atom. The molecule has 2 aromatic heterocycles. The van der Waals surface area contributed by atoms with Crippen LogP contribution in [0.4, 0.5) is 5.82 Å². The second-order valence-electron chi connectivity index (χ2n) is 3.79. The van der Waals surface area contributed by atoms with Gasteiger partial charge in [0.25, 0.3) is 0 Å². The first-order valence-electron chi connectivity index (χ1n) is 5.08. The molecule has 2 aromatic rings. The Kier molecular flexibility index (Phi) is 3.05. The zero-order valence-corrected chi connectivity index (χ0v) is 11.1. The van der Waals surface area contributed by atoms with Gasteiger partial charge in [-0.25, -0.2) is 0 Å². The first-order chi connectivity index (χ1) is 7.58. The maximum absolute atomic E-state index is 5.39. The molecule has 0 aliphatic rings. The van der Waals surface area contributed by atoms with Gasteiger partial charge in [0.1, 0.15) is 11.6 Å². The highest BCUT2D eigenvalue weighted by Crippen LogP contribution is 2.26. The standard InChI is InChI=1S/C11H14BrN3O/c1-7-6-10(14-15(7)3)13-8(2)11-9(12)4-5-16-11/h4-6,8H,1-3H3,(H,13,14). The highest BCUT2D eigenvalue weighted by molar-refractivity contribution is 9.10. The van der Waals surface area contributed by atoms with Crippen LogP contribution >= 0.6 is 15.9 Å². The van der Waals surface area contributed by atoms with Gasteiger partial charge in [-0.1, -0.05) is 0 Å². The lowest BCUT2D eigenvalue weighted by molar-refractivity contribution is 0.487. The van der Waals surface area contributed by atoms with Gasteiger partial charge in [-0.05, 0) is 35.8 Å². The largest absolute Gasteiger partial charge is 0.466 e. The molecule has 0 aliphatic carbocycles. The van der Waals surface area contributed by atoms with E-state index in [0.29, 0.717) is 0 Å². The van der Waals surface area contributed by atoms with E-state index in [1.165, 1.54) is 0 Å². The normalized spacial score (nSPS) is 12.8. The Bertz CT molecular complexity index is 470. The summed E-state index contributed by atoms with van der Waals surface area (Å²) in [5, 5.41) is 7.63. The third-order valence-corrected chi connectivity index (χ3v) is 3.17. The molecule has 0 spiro atoms. The summed E-state index contributed by atoms with van der Waals surface area (Å²) in [7, 11) is 1.92. The molecule has 2 heterocycles. The molecule has 1 unspecified atom stereocenters. The van der Waals surface area contributed by atoms with Crippen molar-refractivity contribution in [3.05, 3.63) is 34.3 Å². The summed E-state index contributed by atoms with van der Waals surface area (Å²) in [6.07, 6.45) is 1.67. The highest BCUT2D eigenvalue weighted by atomic mass is 79.9. The zero-order valence-electron chi connectivity index (χ0n) is 9.49. The number of anilines is 1. The van der Waals surface area contributed by atoms with Crippen LogP contribution in [-0.4, -0.2) is 9.78 Å². The fourth-order valence-corrected chi connectivity index (χ4v) is 2.08. The Morgan fingerprint density at radius 2 is 2.31 bits per heavy atom. The summed E-state index contributed by atoms with van der Waals surface area (Å²) < 4.78 is 8.20. The molecule has 0 fully saturated rings. The Hall–Kier alpha value is -1.23. The zero-order chi connectivity index (χ0) is 11.7. The third kappa shape index (κ3) is 2.14. The summed E-state index contributed by atoms with van der Waals surface area (Å²) in [4.78, 5) is 0. The predicted octanol–water partition coefficient (Wildman–Crippen LogP) is 3.26. The fourth-order valence-electron chi connectivity index (χ4n) is 1.53. The molecule has 86 valence electrons. The maximum Gasteiger partial charge on any atom is 0.148 e. The van der Waals surface area contributed by atoms with E-state index < -0.39 is 0 Å². The molecule has 1 atom stereocenters. The summed E-state index contributed by atoms with van der Waals surface area (Å²) >= 11 is 3.44. The molecule has 0 saturated heterocycles. The second kappa shape index (κ2) is 4.33. The topological polar surface area (TPSA) is 43.0 Å².